The lowest BCUT2D eigenvalue weighted by Crippen LogP contribution is -2.16. The fraction of sp³-hybridized carbons (Fsp3) is 0.143. The molecule has 106 valence electrons. The fourth-order valence-electron chi connectivity index (χ4n) is 1.90. The molecule has 0 saturated carbocycles. The number of anilines is 1. The Balaban J connectivity index is 2.28. The zero-order valence-electron chi connectivity index (χ0n) is 10.9. The van der Waals surface area contributed by atoms with Crippen LogP contribution in [0.25, 0.3) is 0 Å². The largest absolute Gasteiger partial charge is 0.377 e. The number of sulfonamides is 1. The minimum absolute atomic E-state index is 0.0739. The van der Waals surface area contributed by atoms with E-state index >= 15 is 0 Å². The van der Waals surface area contributed by atoms with Crippen LogP contribution < -0.4 is 10.5 Å². The number of para-hydroxylation sites is 1. The highest BCUT2D eigenvalue weighted by atomic mass is 35.5. The van der Waals surface area contributed by atoms with Crippen LogP contribution >= 0.6 is 11.6 Å². The van der Waals surface area contributed by atoms with Gasteiger partial charge in [0.15, 0.2) is 0 Å². The predicted octanol–water partition coefficient (Wildman–Crippen LogP) is 3.16. The van der Waals surface area contributed by atoms with Gasteiger partial charge in [0, 0.05) is 11.1 Å². The summed E-state index contributed by atoms with van der Waals surface area (Å²) in [5, 5.41) is 9.02. The highest BCUT2D eigenvalue weighted by Gasteiger charge is 2.15. The van der Waals surface area contributed by atoms with E-state index in [9.17, 15) is 8.42 Å². The molecular weight excluding hydrogens is 296 g/mol. The summed E-state index contributed by atoms with van der Waals surface area (Å²) in [6.07, 6.45) is 0. The van der Waals surface area contributed by atoms with Gasteiger partial charge in [-0.3, -0.25) is 0 Å². The number of hydrogen-bond donors (Lipinski definition) is 2. The molecule has 0 heterocycles. The predicted molar refractivity (Wildman–Crippen MR) is 81.3 cm³/mol. The van der Waals surface area contributed by atoms with Gasteiger partial charge in [0.1, 0.15) is 4.90 Å². The van der Waals surface area contributed by atoms with Crippen LogP contribution in [0, 0.1) is 0 Å². The van der Waals surface area contributed by atoms with Gasteiger partial charge in [-0.1, -0.05) is 35.9 Å². The number of primary sulfonamides is 1. The Hall–Kier alpha value is -1.56. The summed E-state index contributed by atoms with van der Waals surface area (Å²) in [5.74, 6) is 0. The average molecular weight is 311 g/mol. The number of rotatable bonds is 4. The van der Waals surface area contributed by atoms with E-state index in [0.717, 1.165) is 5.56 Å². The van der Waals surface area contributed by atoms with Crippen LogP contribution in [0.3, 0.4) is 0 Å². The van der Waals surface area contributed by atoms with Crippen molar-refractivity contribution in [2.75, 3.05) is 5.32 Å². The molecule has 2 aromatic carbocycles. The number of hydrogen-bond acceptors (Lipinski definition) is 3. The van der Waals surface area contributed by atoms with Crippen molar-refractivity contribution < 1.29 is 8.42 Å². The summed E-state index contributed by atoms with van der Waals surface area (Å²) in [6.45, 7) is 1.93. The van der Waals surface area contributed by atoms with Gasteiger partial charge in [-0.25, -0.2) is 13.6 Å². The van der Waals surface area contributed by atoms with Crippen molar-refractivity contribution in [3.63, 3.8) is 0 Å². The monoisotopic (exact) mass is 310 g/mol. The SMILES string of the molecule is CC(Nc1ccccc1S(N)(=O)=O)c1ccc(Cl)cc1. The van der Waals surface area contributed by atoms with E-state index in [1.165, 1.54) is 6.07 Å². The van der Waals surface area contributed by atoms with Gasteiger partial charge in [-0.05, 0) is 36.8 Å². The first kappa shape index (κ1) is 14.8. The van der Waals surface area contributed by atoms with Gasteiger partial charge >= 0.3 is 0 Å². The van der Waals surface area contributed by atoms with E-state index in [0.29, 0.717) is 10.7 Å². The van der Waals surface area contributed by atoms with Crippen molar-refractivity contribution in [1.29, 1.82) is 0 Å². The normalized spacial score (nSPS) is 12.9. The van der Waals surface area contributed by atoms with Crippen LogP contribution in [0.4, 0.5) is 5.69 Å². The Morgan fingerprint density at radius 3 is 2.30 bits per heavy atom. The van der Waals surface area contributed by atoms with E-state index in [2.05, 4.69) is 5.32 Å². The molecule has 1 atom stereocenters. The lowest BCUT2D eigenvalue weighted by molar-refractivity contribution is 0.598. The van der Waals surface area contributed by atoms with Crippen molar-refractivity contribution in [2.45, 2.75) is 17.9 Å². The van der Waals surface area contributed by atoms with Crippen molar-refractivity contribution in [3.8, 4) is 0 Å². The summed E-state index contributed by atoms with van der Waals surface area (Å²) in [6, 6.07) is 13.8. The molecule has 6 heteroatoms. The van der Waals surface area contributed by atoms with E-state index in [4.69, 9.17) is 16.7 Å². The third kappa shape index (κ3) is 3.50. The molecule has 0 saturated heterocycles. The maximum Gasteiger partial charge on any atom is 0.240 e. The Morgan fingerprint density at radius 1 is 1.10 bits per heavy atom. The third-order valence-corrected chi connectivity index (χ3v) is 4.16. The Kier molecular flexibility index (Phi) is 4.32. The second-order valence-corrected chi connectivity index (χ2v) is 6.43. The second kappa shape index (κ2) is 5.83. The summed E-state index contributed by atoms with van der Waals surface area (Å²) in [7, 11) is -3.75. The highest BCUT2D eigenvalue weighted by molar-refractivity contribution is 7.89. The molecule has 0 bridgehead atoms. The summed E-state index contributed by atoms with van der Waals surface area (Å²) < 4.78 is 23.1. The zero-order chi connectivity index (χ0) is 14.8. The number of benzene rings is 2. The maximum absolute atomic E-state index is 11.5. The molecule has 20 heavy (non-hydrogen) atoms. The molecule has 2 rings (SSSR count). The molecule has 2 aromatic rings. The van der Waals surface area contributed by atoms with Gasteiger partial charge in [0.25, 0.3) is 0 Å². The van der Waals surface area contributed by atoms with Crippen LogP contribution in [0.1, 0.15) is 18.5 Å². The van der Waals surface area contributed by atoms with E-state index in [1.54, 1.807) is 30.3 Å². The minimum Gasteiger partial charge on any atom is -0.377 e. The van der Waals surface area contributed by atoms with Crippen molar-refractivity contribution in [2.24, 2.45) is 5.14 Å². The summed E-state index contributed by atoms with van der Waals surface area (Å²) in [4.78, 5) is 0.0841. The molecule has 0 radical (unpaired) electrons. The van der Waals surface area contributed by atoms with Crippen LogP contribution in [-0.4, -0.2) is 8.42 Å². The molecule has 0 aromatic heterocycles. The average Bonchev–Trinajstić information content (AvgIpc) is 2.38. The summed E-state index contributed by atoms with van der Waals surface area (Å²) in [5.41, 5.74) is 1.48. The van der Waals surface area contributed by atoms with E-state index < -0.39 is 10.0 Å². The van der Waals surface area contributed by atoms with E-state index in [1.807, 2.05) is 19.1 Å². The number of nitrogens with one attached hydrogen (secondary N) is 1. The van der Waals surface area contributed by atoms with Crippen LogP contribution in [0.5, 0.6) is 0 Å². The van der Waals surface area contributed by atoms with Gasteiger partial charge in [0.2, 0.25) is 10.0 Å². The molecule has 3 N–H and O–H groups in total. The molecule has 0 aliphatic rings. The molecule has 4 nitrogen and oxygen atoms in total. The zero-order valence-corrected chi connectivity index (χ0v) is 12.4. The van der Waals surface area contributed by atoms with Crippen LogP contribution in [0.15, 0.2) is 53.4 Å². The van der Waals surface area contributed by atoms with E-state index in [-0.39, 0.29) is 10.9 Å². The number of nitrogens with two attached hydrogens (primary N) is 1. The molecule has 0 fully saturated rings. The minimum atomic E-state index is -3.75. The standard InChI is InChI=1S/C14H15ClN2O2S/c1-10(11-6-8-12(15)9-7-11)17-13-4-2-3-5-14(13)20(16,18)19/h2-10,17H,1H3,(H2,16,18,19). The van der Waals surface area contributed by atoms with Gasteiger partial charge in [0.05, 0.1) is 5.69 Å². The molecule has 0 aliphatic carbocycles. The first-order chi connectivity index (χ1) is 9.38. The second-order valence-electron chi connectivity index (χ2n) is 4.46. The fourth-order valence-corrected chi connectivity index (χ4v) is 2.73. The van der Waals surface area contributed by atoms with Crippen LogP contribution in [0.2, 0.25) is 5.02 Å². The third-order valence-electron chi connectivity index (χ3n) is 2.94. The molecule has 1 unspecified atom stereocenters. The van der Waals surface area contributed by atoms with Gasteiger partial charge in [-0.15, -0.1) is 0 Å². The Bertz CT molecular complexity index is 699. The highest BCUT2D eigenvalue weighted by Crippen LogP contribution is 2.25. The Morgan fingerprint density at radius 2 is 1.70 bits per heavy atom. The van der Waals surface area contributed by atoms with Gasteiger partial charge < -0.3 is 5.32 Å². The van der Waals surface area contributed by atoms with Crippen molar-refractivity contribution >= 4 is 27.3 Å². The molecule has 0 spiro atoms. The molecular formula is C14H15ClN2O2S. The van der Waals surface area contributed by atoms with Gasteiger partial charge in [-0.2, -0.15) is 0 Å². The lowest BCUT2D eigenvalue weighted by Gasteiger charge is -2.17. The maximum atomic E-state index is 11.5. The lowest BCUT2D eigenvalue weighted by atomic mass is 10.1. The van der Waals surface area contributed by atoms with Crippen molar-refractivity contribution in [3.05, 3.63) is 59.1 Å². The first-order valence-electron chi connectivity index (χ1n) is 6.02. The quantitative estimate of drug-likeness (QED) is 0.911. The van der Waals surface area contributed by atoms with Crippen LogP contribution in [-0.2, 0) is 10.0 Å². The first-order valence-corrected chi connectivity index (χ1v) is 7.94. The summed E-state index contributed by atoms with van der Waals surface area (Å²) >= 11 is 5.85. The topological polar surface area (TPSA) is 72.2 Å². The smallest absolute Gasteiger partial charge is 0.240 e. The Labute approximate surface area is 123 Å². The molecule has 0 aliphatic heterocycles. The number of halogens is 1. The molecule has 0 amide bonds. The van der Waals surface area contributed by atoms with Crippen molar-refractivity contribution in [1.82, 2.24) is 0 Å².